The Balaban J connectivity index is 1.67. The molecule has 0 aromatic heterocycles. The van der Waals surface area contributed by atoms with Crippen molar-refractivity contribution in [1.29, 1.82) is 0 Å². The van der Waals surface area contributed by atoms with Gasteiger partial charge in [0.05, 0.1) is 7.11 Å². The van der Waals surface area contributed by atoms with Crippen LogP contribution in [0.2, 0.25) is 0 Å². The van der Waals surface area contributed by atoms with E-state index in [1.165, 1.54) is 32.9 Å². The number of aliphatic hydroxyl groups excluding tert-OH is 1. The number of esters is 1. The molecule has 5 heteroatoms. The van der Waals surface area contributed by atoms with Crippen molar-refractivity contribution < 1.29 is 14.6 Å². The lowest BCUT2D eigenvalue weighted by Gasteiger charge is -2.34. The van der Waals surface area contributed by atoms with Gasteiger partial charge in [-0.05, 0) is 71.2 Å². The van der Waals surface area contributed by atoms with E-state index >= 15 is 0 Å². The first-order valence-electron chi connectivity index (χ1n) is 7.80. The molecule has 2 unspecified atom stereocenters. The van der Waals surface area contributed by atoms with Crippen LogP contribution in [-0.4, -0.2) is 73.4 Å². The summed E-state index contributed by atoms with van der Waals surface area (Å²) in [4.78, 5) is 16.3. The number of piperidine rings is 1. The van der Waals surface area contributed by atoms with Gasteiger partial charge in [-0.3, -0.25) is 0 Å². The van der Waals surface area contributed by atoms with Crippen molar-refractivity contribution in [2.24, 2.45) is 5.92 Å². The van der Waals surface area contributed by atoms with Gasteiger partial charge in [0.15, 0.2) is 6.10 Å². The molecule has 0 aromatic carbocycles. The first-order valence-corrected chi connectivity index (χ1v) is 7.80. The molecule has 0 aliphatic carbocycles. The zero-order chi connectivity index (χ0) is 14.5. The fraction of sp³-hybridized carbons (Fsp3) is 0.933. The highest BCUT2D eigenvalue weighted by atomic mass is 16.5. The number of nitrogens with zero attached hydrogens (tertiary/aromatic N) is 2. The summed E-state index contributed by atoms with van der Waals surface area (Å²) in [5, 5.41) is 9.87. The van der Waals surface area contributed by atoms with E-state index < -0.39 is 12.1 Å². The van der Waals surface area contributed by atoms with Gasteiger partial charge in [-0.2, -0.15) is 0 Å². The number of hydrogen-bond donors (Lipinski definition) is 1. The molecule has 2 heterocycles. The number of hydrogen-bond acceptors (Lipinski definition) is 5. The van der Waals surface area contributed by atoms with Crippen LogP contribution in [0.4, 0.5) is 0 Å². The second-order valence-corrected chi connectivity index (χ2v) is 6.21. The Morgan fingerprint density at radius 1 is 1.30 bits per heavy atom. The number of carbonyl (C=O) groups is 1. The van der Waals surface area contributed by atoms with Crippen molar-refractivity contribution in [3.63, 3.8) is 0 Å². The average molecular weight is 284 g/mol. The first-order chi connectivity index (χ1) is 9.61. The molecule has 2 rings (SSSR count). The van der Waals surface area contributed by atoms with Gasteiger partial charge in [-0.1, -0.05) is 0 Å². The molecule has 0 aromatic rings. The SMILES string of the molecule is COC(=O)C(O)C1CCN(CCC2CCCN2C)CC1. The molecule has 0 radical (unpaired) electrons. The summed E-state index contributed by atoms with van der Waals surface area (Å²) in [6.45, 7) is 4.33. The second kappa shape index (κ2) is 7.38. The maximum absolute atomic E-state index is 11.3. The maximum Gasteiger partial charge on any atom is 0.334 e. The van der Waals surface area contributed by atoms with E-state index in [-0.39, 0.29) is 5.92 Å². The normalized spacial score (nSPS) is 27.6. The maximum atomic E-state index is 11.3. The van der Waals surface area contributed by atoms with Gasteiger partial charge in [-0.25, -0.2) is 4.79 Å². The van der Waals surface area contributed by atoms with E-state index in [0.717, 1.165) is 38.5 Å². The zero-order valence-electron chi connectivity index (χ0n) is 12.8. The highest BCUT2D eigenvalue weighted by molar-refractivity contribution is 5.74. The van der Waals surface area contributed by atoms with Crippen LogP contribution in [0, 0.1) is 5.92 Å². The lowest BCUT2D eigenvalue weighted by atomic mass is 9.91. The predicted octanol–water partition coefficient (Wildman–Crippen LogP) is 0.717. The molecule has 20 heavy (non-hydrogen) atoms. The number of methoxy groups -OCH3 is 1. The molecule has 116 valence electrons. The van der Waals surface area contributed by atoms with Gasteiger partial charge in [-0.15, -0.1) is 0 Å². The summed E-state index contributed by atoms with van der Waals surface area (Å²) in [6, 6.07) is 0.744. The number of rotatable bonds is 5. The Hall–Kier alpha value is -0.650. The third-order valence-corrected chi connectivity index (χ3v) is 4.97. The topological polar surface area (TPSA) is 53.0 Å². The highest BCUT2D eigenvalue weighted by Crippen LogP contribution is 2.23. The summed E-state index contributed by atoms with van der Waals surface area (Å²) in [7, 11) is 3.55. The van der Waals surface area contributed by atoms with Crippen LogP contribution in [-0.2, 0) is 9.53 Å². The molecule has 0 spiro atoms. The van der Waals surface area contributed by atoms with Gasteiger partial charge in [0.25, 0.3) is 0 Å². The molecule has 2 atom stereocenters. The zero-order valence-corrected chi connectivity index (χ0v) is 12.8. The fourth-order valence-corrected chi connectivity index (χ4v) is 3.48. The predicted molar refractivity (Wildman–Crippen MR) is 77.5 cm³/mol. The molecule has 2 saturated heterocycles. The Kier molecular flexibility index (Phi) is 5.81. The van der Waals surface area contributed by atoms with Crippen LogP contribution >= 0.6 is 0 Å². The number of aliphatic hydroxyl groups is 1. The summed E-state index contributed by atoms with van der Waals surface area (Å²) in [5.74, 6) is -0.427. The summed E-state index contributed by atoms with van der Waals surface area (Å²) in [6.07, 6.45) is 4.72. The molecule has 1 N–H and O–H groups in total. The van der Waals surface area contributed by atoms with Crippen molar-refractivity contribution in [3.05, 3.63) is 0 Å². The van der Waals surface area contributed by atoms with Gasteiger partial charge in [0, 0.05) is 6.04 Å². The minimum absolute atomic E-state index is 0.0628. The Morgan fingerprint density at radius 2 is 2.00 bits per heavy atom. The summed E-state index contributed by atoms with van der Waals surface area (Å²) >= 11 is 0. The minimum Gasteiger partial charge on any atom is -0.467 e. The van der Waals surface area contributed by atoms with E-state index in [4.69, 9.17) is 0 Å². The van der Waals surface area contributed by atoms with Gasteiger partial charge in [0.2, 0.25) is 0 Å². The molecule has 0 amide bonds. The molecule has 0 bridgehead atoms. The molecular weight excluding hydrogens is 256 g/mol. The molecule has 2 fully saturated rings. The molecular formula is C15H28N2O3. The van der Waals surface area contributed by atoms with Crippen LogP contribution in [0.5, 0.6) is 0 Å². The van der Waals surface area contributed by atoms with Gasteiger partial charge < -0.3 is 19.6 Å². The Labute approximate surface area is 121 Å². The Morgan fingerprint density at radius 3 is 2.55 bits per heavy atom. The third-order valence-electron chi connectivity index (χ3n) is 4.97. The average Bonchev–Trinajstić information content (AvgIpc) is 2.89. The van der Waals surface area contributed by atoms with Crippen molar-refractivity contribution in [2.75, 3.05) is 40.3 Å². The fourth-order valence-electron chi connectivity index (χ4n) is 3.48. The number of ether oxygens (including phenoxy) is 1. The Bertz CT molecular complexity index is 316. The van der Waals surface area contributed by atoms with E-state index in [0.29, 0.717) is 0 Å². The van der Waals surface area contributed by atoms with E-state index in [1.807, 2.05) is 0 Å². The molecule has 0 saturated carbocycles. The van der Waals surface area contributed by atoms with Crippen molar-refractivity contribution in [3.8, 4) is 0 Å². The number of likely N-dealkylation sites (tertiary alicyclic amines) is 2. The van der Waals surface area contributed by atoms with Crippen LogP contribution in [0.15, 0.2) is 0 Å². The lowest BCUT2D eigenvalue weighted by molar-refractivity contribution is -0.154. The standard InChI is InChI=1S/C15H28N2O3/c1-16-8-3-4-13(16)7-11-17-9-5-12(6-10-17)14(18)15(19)20-2/h12-14,18H,3-11H2,1-2H3. The van der Waals surface area contributed by atoms with E-state index in [1.54, 1.807) is 0 Å². The molecule has 2 aliphatic heterocycles. The van der Waals surface area contributed by atoms with Crippen LogP contribution in [0.1, 0.15) is 32.1 Å². The van der Waals surface area contributed by atoms with Crippen molar-refractivity contribution in [2.45, 2.75) is 44.2 Å². The molecule has 2 aliphatic rings. The van der Waals surface area contributed by atoms with Crippen LogP contribution < -0.4 is 0 Å². The number of carbonyl (C=O) groups excluding carboxylic acids is 1. The third kappa shape index (κ3) is 3.93. The second-order valence-electron chi connectivity index (χ2n) is 6.21. The summed E-state index contributed by atoms with van der Waals surface area (Å²) in [5.41, 5.74) is 0. The van der Waals surface area contributed by atoms with Crippen molar-refractivity contribution in [1.82, 2.24) is 9.80 Å². The largest absolute Gasteiger partial charge is 0.467 e. The summed E-state index contributed by atoms with van der Waals surface area (Å²) < 4.78 is 4.61. The lowest BCUT2D eigenvalue weighted by Crippen LogP contribution is -2.42. The minimum atomic E-state index is -0.942. The first kappa shape index (κ1) is 15.7. The van der Waals surface area contributed by atoms with Gasteiger partial charge in [0.1, 0.15) is 0 Å². The van der Waals surface area contributed by atoms with E-state index in [2.05, 4.69) is 21.6 Å². The van der Waals surface area contributed by atoms with Crippen LogP contribution in [0.25, 0.3) is 0 Å². The van der Waals surface area contributed by atoms with Crippen molar-refractivity contribution >= 4 is 5.97 Å². The highest BCUT2D eigenvalue weighted by Gasteiger charge is 2.30. The van der Waals surface area contributed by atoms with Gasteiger partial charge >= 0.3 is 5.97 Å². The van der Waals surface area contributed by atoms with E-state index in [9.17, 15) is 9.90 Å². The monoisotopic (exact) mass is 284 g/mol. The van der Waals surface area contributed by atoms with Crippen LogP contribution in [0.3, 0.4) is 0 Å². The quantitative estimate of drug-likeness (QED) is 0.754. The smallest absolute Gasteiger partial charge is 0.334 e. The molecule has 5 nitrogen and oxygen atoms in total.